The molecule has 2 N–H and O–H groups in total. The van der Waals surface area contributed by atoms with Crippen LogP contribution in [0.1, 0.15) is 13.8 Å². The van der Waals surface area contributed by atoms with Crippen LogP contribution in [0.5, 0.6) is 0 Å². The topological polar surface area (TPSA) is 69.4 Å². The number of hydrogen-bond acceptors (Lipinski definition) is 3. The van der Waals surface area contributed by atoms with E-state index in [1.807, 2.05) is 0 Å². The highest BCUT2D eigenvalue weighted by Gasteiger charge is 1.99. The SMILES string of the molecule is CC(=O)O[C@@H](C)/C=C\C(N)=O. The molecule has 0 bridgehead atoms. The van der Waals surface area contributed by atoms with Crippen LogP contribution in [0.2, 0.25) is 0 Å². The van der Waals surface area contributed by atoms with Crippen molar-refractivity contribution in [1.82, 2.24) is 0 Å². The first kappa shape index (κ1) is 9.68. The maximum atomic E-state index is 10.3. The lowest BCUT2D eigenvalue weighted by Gasteiger charge is -2.04. The molecule has 0 rings (SSSR count). The molecule has 62 valence electrons. The predicted molar refractivity (Wildman–Crippen MR) is 39.6 cm³/mol. The minimum absolute atomic E-state index is 0.383. The summed E-state index contributed by atoms with van der Waals surface area (Å²) in [7, 11) is 0. The van der Waals surface area contributed by atoms with E-state index in [4.69, 9.17) is 5.73 Å². The summed E-state index contributed by atoms with van der Waals surface area (Å²) < 4.78 is 4.67. The number of amides is 1. The predicted octanol–water partition coefficient (Wildman–Crippen LogP) is -0.0205. The number of esters is 1. The van der Waals surface area contributed by atoms with Crippen LogP contribution in [-0.4, -0.2) is 18.0 Å². The Hall–Kier alpha value is -1.32. The Balaban J connectivity index is 3.77. The van der Waals surface area contributed by atoms with Crippen LogP contribution in [0.3, 0.4) is 0 Å². The summed E-state index contributed by atoms with van der Waals surface area (Å²) in [6, 6.07) is 0. The van der Waals surface area contributed by atoms with E-state index in [1.165, 1.54) is 13.0 Å². The van der Waals surface area contributed by atoms with Gasteiger partial charge < -0.3 is 10.5 Å². The summed E-state index contributed by atoms with van der Waals surface area (Å²) in [4.78, 5) is 20.5. The van der Waals surface area contributed by atoms with Gasteiger partial charge in [-0.25, -0.2) is 0 Å². The Morgan fingerprint density at radius 3 is 2.45 bits per heavy atom. The molecule has 0 aliphatic heterocycles. The maximum absolute atomic E-state index is 10.3. The summed E-state index contributed by atoms with van der Waals surface area (Å²) >= 11 is 0. The average Bonchev–Trinajstić information content (AvgIpc) is 1.82. The Morgan fingerprint density at radius 2 is 2.09 bits per heavy atom. The van der Waals surface area contributed by atoms with Gasteiger partial charge in [0.1, 0.15) is 6.10 Å². The van der Waals surface area contributed by atoms with Crippen LogP contribution in [-0.2, 0) is 14.3 Å². The van der Waals surface area contributed by atoms with Crippen molar-refractivity contribution in [1.29, 1.82) is 0 Å². The summed E-state index contributed by atoms with van der Waals surface area (Å²) in [5.74, 6) is -0.935. The molecule has 0 aromatic carbocycles. The van der Waals surface area contributed by atoms with Gasteiger partial charge in [0.2, 0.25) is 5.91 Å². The second kappa shape index (κ2) is 4.49. The molecule has 0 aliphatic rings. The zero-order valence-corrected chi connectivity index (χ0v) is 6.53. The Bertz CT molecular complexity index is 186. The number of primary amides is 1. The standard InChI is InChI=1S/C7H11NO3/c1-5(11-6(2)9)3-4-7(8)10/h3-5H,1-2H3,(H2,8,10)/b4-3-/t5-/m0/s1. The Labute approximate surface area is 65.0 Å². The van der Waals surface area contributed by atoms with Crippen LogP contribution in [0.25, 0.3) is 0 Å². The van der Waals surface area contributed by atoms with Crippen molar-refractivity contribution in [3.63, 3.8) is 0 Å². The van der Waals surface area contributed by atoms with E-state index in [1.54, 1.807) is 6.92 Å². The average molecular weight is 157 g/mol. The van der Waals surface area contributed by atoms with Crippen molar-refractivity contribution < 1.29 is 14.3 Å². The summed E-state index contributed by atoms with van der Waals surface area (Å²) in [6.45, 7) is 2.94. The van der Waals surface area contributed by atoms with Gasteiger partial charge in [0.05, 0.1) is 0 Å². The van der Waals surface area contributed by atoms with E-state index in [-0.39, 0.29) is 5.97 Å². The zero-order chi connectivity index (χ0) is 8.85. The van der Waals surface area contributed by atoms with Gasteiger partial charge in [-0.3, -0.25) is 9.59 Å². The summed E-state index contributed by atoms with van der Waals surface area (Å²) in [5, 5.41) is 0. The smallest absolute Gasteiger partial charge is 0.303 e. The number of hydrogen-bond donors (Lipinski definition) is 1. The van der Waals surface area contributed by atoms with Gasteiger partial charge in [0.15, 0.2) is 0 Å². The minimum atomic E-state index is -0.552. The van der Waals surface area contributed by atoms with E-state index in [9.17, 15) is 9.59 Å². The molecule has 11 heavy (non-hydrogen) atoms. The monoisotopic (exact) mass is 157 g/mol. The molecule has 0 aromatic heterocycles. The number of carbonyl (C=O) groups is 2. The van der Waals surface area contributed by atoms with Crippen molar-refractivity contribution in [2.75, 3.05) is 0 Å². The molecule has 0 aromatic rings. The Kier molecular flexibility index (Phi) is 3.95. The van der Waals surface area contributed by atoms with Gasteiger partial charge in [0, 0.05) is 13.0 Å². The normalized spacial score (nSPS) is 12.9. The quantitative estimate of drug-likeness (QED) is 0.462. The van der Waals surface area contributed by atoms with Gasteiger partial charge >= 0.3 is 5.97 Å². The van der Waals surface area contributed by atoms with Gasteiger partial charge in [0.25, 0.3) is 0 Å². The van der Waals surface area contributed by atoms with E-state index in [0.29, 0.717) is 0 Å². The lowest BCUT2D eigenvalue weighted by atomic mass is 10.3. The molecule has 0 unspecified atom stereocenters. The third-order valence-corrected chi connectivity index (χ3v) is 0.883. The van der Waals surface area contributed by atoms with E-state index >= 15 is 0 Å². The molecule has 0 spiro atoms. The van der Waals surface area contributed by atoms with Gasteiger partial charge in [-0.1, -0.05) is 0 Å². The molecule has 0 heterocycles. The molecular weight excluding hydrogens is 146 g/mol. The molecule has 0 radical (unpaired) electrons. The van der Waals surface area contributed by atoms with Crippen molar-refractivity contribution in [3.8, 4) is 0 Å². The molecule has 0 saturated carbocycles. The van der Waals surface area contributed by atoms with Crippen molar-refractivity contribution in [3.05, 3.63) is 12.2 Å². The van der Waals surface area contributed by atoms with E-state index in [2.05, 4.69) is 4.74 Å². The number of nitrogens with two attached hydrogens (primary N) is 1. The molecule has 0 aliphatic carbocycles. The van der Waals surface area contributed by atoms with Crippen LogP contribution in [0, 0.1) is 0 Å². The van der Waals surface area contributed by atoms with Gasteiger partial charge in [-0.05, 0) is 13.0 Å². The molecule has 1 amide bonds. The van der Waals surface area contributed by atoms with E-state index in [0.717, 1.165) is 6.08 Å². The first-order chi connectivity index (χ1) is 5.02. The minimum Gasteiger partial charge on any atom is -0.459 e. The number of carbonyl (C=O) groups excluding carboxylic acids is 2. The summed E-state index contributed by atoms with van der Waals surface area (Å²) in [6.07, 6.45) is 2.18. The second-order valence-corrected chi connectivity index (χ2v) is 2.08. The molecule has 4 nitrogen and oxygen atoms in total. The van der Waals surface area contributed by atoms with Crippen LogP contribution < -0.4 is 5.73 Å². The second-order valence-electron chi connectivity index (χ2n) is 2.08. The fourth-order valence-electron chi connectivity index (χ4n) is 0.531. The lowest BCUT2D eigenvalue weighted by Crippen LogP contribution is -2.11. The zero-order valence-electron chi connectivity index (χ0n) is 6.53. The first-order valence-corrected chi connectivity index (χ1v) is 3.17. The third kappa shape index (κ3) is 6.57. The number of rotatable bonds is 3. The molecule has 0 saturated heterocycles. The molecule has 4 heteroatoms. The fraction of sp³-hybridized carbons (Fsp3) is 0.429. The maximum Gasteiger partial charge on any atom is 0.303 e. The van der Waals surface area contributed by atoms with E-state index < -0.39 is 12.0 Å². The highest BCUT2D eigenvalue weighted by molar-refractivity contribution is 5.85. The Morgan fingerprint density at radius 1 is 1.55 bits per heavy atom. The summed E-state index contributed by atoms with van der Waals surface area (Å²) in [5.41, 5.74) is 4.81. The molecular formula is C7H11NO3. The highest BCUT2D eigenvalue weighted by Crippen LogP contribution is 1.92. The first-order valence-electron chi connectivity index (χ1n) is 3.17. The highest BCUT2D eigenvalue weighted by atomic mass is 16.5. The fourth-order valence-corrected chi connectivity index (χ4v) is 0.531. The third-order valence-electron chi connectivity index (χ3n) is 0.883. The van der Waals surface area contributed by atoms with Crippen molar-refractivity contribution in [2.24, 2.45) is 5.73 Å². The van der Waals surface area contributed by atoms with Crippen LogP contribution in [0.15, 0.2) is 12.2 Å². The molecule has 0 fully saturated rings. The largest absolute Gasteiger partial charge is 0.459 e. The van der Waals surface area contributed by atoms with Crippen LogP contribution in [0.4, 0.5) is 0 Å². The number of ether oxygens (including phenoxy) is 1. The molecule has 1 atom stereocenters. The van der Waals surface area contributed by atoms with Gasteiger partial charge in [-0.2, -0.15) is 0 Å². The van der Waals surface area contributed by atoms with Crippen LogP contribution >= 0.6 is 0 Å². The lowest BCUT2D eigenvalue weighted by molar-refractivity contribution is -0.143. The van der Waals surface area contributed by atoms with Crippen molar-refractivity contribution in [2.45, 2.75) is 20.0 Å². The van der Waals surface area contributed by atoms with Gasteiger partial charge in [-0.15, -0.1) is 0 Å². The van der Waals surface area contributed by atoms with Crippen molar-refractivity contribution >= 4 is 11.9 Å².